The van der Waals surface area contributed by atoms with E-state index in [0.717, 1.165) is 4.90 Å². The molecule has 2 aliphatic rings. The molecule has 2 aliphatic heterocycles. The molecule has 1 aromatic heterocycles. The molecule has 43 heavy (non-hydrogen) atoms. The highest BCUT2D eigenvalue weighted by Crippen LogP contribution is 2.36. The topological polar surface area (TPSA) is 162 Å². The first-order chi connectivity index (χ1) is 20.6. The Balaban J connectivity index is 1.59. The Kier molecular flexibility index (Phi) is 8.15. The third-order valence-electron chi connectivity index (χ3n) is 7.77. The molecule has 2 aromatic carbocycles. The summed E-state index contributed by atoms with van der Waals surface area (Å²) in [5.41, 5.74) is 1.28. The Morgan fingerprint density at radius 2 is 1.91 bits per heavy atom. The van der Waals surface area contributed by atoms with Crippen molar-refractivity contribution in [2.24, 2.45) is 0 Å². The molecule has 0 bridgehead atoms. The van der Waals surface area contributed by atoms with Gasteiger partial charge in [0.15, 0.2) is 0 Å². The van der Waals surface area contributed by atoms with Crippen LogP contribution in [0.5, 0.6) is 0 Å². The fraction of sp³-hybridized carbons (Fsp3) is 0.300. The molecule has 5 rings (SSSR count). The Bertz CT molecular complexity index is 1620. The number of nitrogens with zero attached hydrogens (tertiary/aromatic N) is 3. The number of halogens is 1. The maximum Gasteiger partial charge on any atom is 0.262 e. The van der Waals surface area contributed by atoms with E-state index in [0.29, 0.717) is 11.3 Å². The zero-order valence-electron chi connectivity index (χ0n) is 23.5. The predicted octanol–water partition coefficient (Wildman–Crippen LogP) is 1.71. The monoisotopic (exact) mass is 588 g/mol. The van der Waals surface area contributed by atoms with Crippen LogP contribution in [0.2, 0.25) is 0 Å². The maximum absolute atomic E-state index is 15.1. The van der Waals surface area contributed by atoms with Crippen molar-refractivity contribution < 1.29 is 33.2 Å². The lowest BCUT2D eigenvalue weighted by Gasteiger charge is -2.33. The minimum atomic E-state index is -1.44. The summed E-state index contributed by atoms with van der Waals surface area (Å²) in [5.74, 6) is -4.62. The van der Waals surface area contributed by atoms with Crippen LogP contribution in [-0.2, 0) is 32.1 Å². The smallest absolute Gasteiger partial charge is 0.262 e. The Labute approximate surface area is 245 Å². The van der Waals surface area contributed by atoms with E-state index in [-0.39, 0.29) is 54.5 Å². The van der Waals surface area contributed by atoms with Gasteiger partial charge in [-0.3, -0.25) is 39.0 Å². The molecule has 13 heteroatoms. The molecule has 3 heterocycles. The van der Waals surface area contributed by atoms with Gasteiger partial charge in [-0.2, -0.15) is 0 Å². The minimum absolute atomic E-state index is 0.0465. The van der Waals surface area contributed by atoms with Gasteiger partial charge < -0.3 is 15.2 Å². The van der Waals surface area contributed by atoms with Crippen LogP contribution in [0.4, 0.5) is 4.39 Å². The molecule has 0 radical (unpaired) electrons. The summed E-state index contributed by atoms with van der Waals surface area (Å²) in [6.45, 7) is 1.38. The number of fused-ring (bicyclic) bond motifs is 1. The van der Waals surface area contributed by atoms with Gasteiger partial charge in [-0.25, -0.2) is 9.37 Å². The predicted molar refractivity (Wildman–Crippen MR) is 149 cm³/mol. The molecule has 0 saturated carbocycles. The third kappa shape index (κ3) is 5.53. The lowest BCUT2D eigenvalue weighted by Crippen LogP contribution is -2.54. The highest BCUT2D eigenvalue weighted by Gasteiger charge is 2.47. The van der Waals surface area contributed by atoms with E-state index in [2.05, 4.69) is 20.6 Å². The number of hydrogen-bond donors (Lipinski definition) is 3. The van der Waals surface area contributed by atoms with E-state index in [4.69, 9.17) is 0 Å². The second-order valence-electron chi connectivity index (χ2n) is 10.4. The maximum atomic E-state index is 15.1. The van der Waals surface area contributed by atoms with Gasteiger partial charge >= 0.3 is 0 Å². The lowest BCUT2D eigenvalue weighted by molar-refractivity contribution is -0.141. The fourth-order valence-corrected chi connectivity index (χ4v) is 5.52. The molecule has 2 atom stereocenters. The van der Waals surface area contributed by atoms with Gasteiger partial charge in [0, 0.05) is 43.9 Å². The number of aromatic amines is 1. The summed E-state index contributed by atoms with van der Waals surface area (Å²) in [7, 11) is 1.36. The number of carbonyl (C=O) groups is 6. The summed E-state index contributed by atoms with van der Waals surface area (Å²) in [6.07, 6.45) is 3.10. The van der Waals surface area contributed by atoms with Crippen molar-refractivity contribution in [2.75, 3.05) is 7.05 Å². The second-order valence-corrected chi connectivity index (χ2v) is 10.4. The van der Waals surface area contributed by atoms with Crippen LogP contribution >= 0.6 is 0 Å². The second kappa shape index (κ2) is 12.0. The van der Waals surface area contributed by atoms with Crippen molar-refractivity contribution in [3.63, 3.8) is 0 Å². The van der Waals surface area contributed by atoms with Crippen LogP contribution in [0.15, 0.2) is 48.9 Å². The number of amides is 6. The van der Waals surface area contributed by atoms with Crippen molar-refractivity contribution in [1.82, 2.24) is 30.4 Å². The molecule has 1 saturated heterocycles. The molecule has 12 nitrogen and oxygen atoms in total. The van der Waals surface area contributed by atoms with Crippen LogP contribution in [0.3, 0.4) is 0 Å². The van der Waals surface area contributed by atoms with Gasteiger partial charge in [0.2, 0.25) is 23.6 Å². The van der Waals surface area contributed by atoms with E-state index in [9.17, 15) is 28.8 Å². The molecule has 0 spiro atoms. The largest absolute Gasteiger partial charge is 0.357 e. The number of likely N-dealkylation sites (N-methyl/N-ethyl adjacent to an activating group) is 1. The SMILES string of the molecule is CNC(=O)C(c1cccc2c1C(=O)N(C1CCC(=O)NC1=O)C2=O)N(Cc1c(C)cccc1F)C(=O)CCc1cnc[nH]1. The molecule has 2 unspecified atom stereocenters. The van der Waals surface area contributed by atoms with Crippen molar-refractivity contribution in [2.45, 2.75) is 51.2 Å². The van der Waals surface area contributed by atoms with E-state index < -0.39 is 53.3 Å². The van der Waals surface area contributed by atoms with Crippen LogP contribution in [-0.4, -0.2) is 68.3 Å². The summed E-state index contributed by atoms with van der Waals surface area (Å²) < 4.78 is 15.1. The number of benzene rings is 2. The summed E-state index contributed by atoms with van der Waals surface area (Å²) in [6, 6.07) is 6.15. The van der Waals surface area contributed by atoms with E-state index in [1.54, 1.807) is 19.2 Å². The van der Waals surface area contributed by atoms with Crippen LogP contribution in [0.25, 0.3) is 0 Å². The number of aryl methyl sites for hydroxylation is 2. The number of aromatic nitrogens is 2. The molecule has 3 aromatic rings. The lowest BCUT2D eigenvalue weighted by atomic mass is 9.94. The fourth-order valence-electron chi connectivity index (χ4n) is 5.52. The molecule has 0 aliphatic carbocycles. The molecular formula is C30H29FN6O6. The van der Waals surface area contributed by atoms with Gasteiger partial charge in [-0.05, 0) is 43.0 Å². The summed E-state index contributed by atoms with van der Waals surface area (Å²) in [4.78, 5) is 87.9. The normalized spacial score (nSPS) is 17.0. The highest BCUT2D eigenvalue weighted by atomic mass is 19.1. The van der Waals surface area contributed by atoms with E-state index >= 15 is 4.39 Å². The number of hydrogen-bond acceptors (Lipinski definition) is 7. The first kappa shape index (κ1) is 29.3. The van der Waals surface area contributed by atoms with Crippen molar-refractivity contribution >= 4 is 35.4 Å². The number of H-pyrrole nitrogens is 1. The molecule has 1 fully saturated rings. The summed E-state index contributed by atoms with van der Waals surface area (Å²) >= 11 is 0. The first-order valence-electron chi connectivity index (χ1n) is 13.7. The molecule has 3 N–H and O–H groups in total. The van der Waals surface area contributed by atoms with Crippen LogP contribution < -0.4 is 10.6 Å². The zero-order chi connectivity index (χ0) is 30.8. The van der Waals surface area contributed by atoms with Crippen molar-refractivity contribution in [1.29, 1.82) is 0 Å². The van der Waals surface area contributed by atoms with Gasteiger partial charge in [-0.15, -0.1) is 0 Å². The number of piperidine rings is 1. The van der Waals surface area contributed by atoms with Gasteiger partial charge in [-0.1, -0.05) is 24.3 Å². The Hall–Kier alpha value is -5.20. The van der Waals surface area contributed by atoms with Gasteiger partial charge in [0.1, 0.15) is 17.9 Å². The first-order valence-corrected chi connectivity index (χ1v) is 13.7. The third-order valence-corrected chi connectivity index (χ3v) is 7.77. The van der Waals surface area contributed by atoms with E-state index in [1.165, 1.54) is 48.6 Å². The Morgan fingerprint density at radius 3 is 2.58 bits per heavy atom. The highest BCUT2D eigenvalue weighted by molar-refractivity contribution is 6.24. The average molecular weight is 589 g/mol. The number of nitrogens with one attached hydrogen (secondary N) is 3. The standard InChI is InChI=1S/C30H29FN6O6/c1-16-5-3-8-21(31)20(16)14-36(24(39)12-9-17-13-33-15-34-17)26(28(41)32-2)18-6-4-7-19-25(18)30(43)37(29(19)42)22-10-11-23(38)35-27(22)40/h3-8,13,15,22,26H,9-12,14H2,1-2H3,(H,32,41)(H,33,34)(H,35,38,40). The van der Waals surface area contributed by atoms with Crippen LogP contribution in [0, 0.1) is 12.7 Å². The Morgan fingerprint density at radius 1 is 1.14 bits per heavy atom. The molecule has 222 valence electrons. The minimum Gasteiger partial charge on any atom is -0.357 e. The number of imide groups is 2. The summed E-state index contributed by atoms with van der Waals surface area (Å²) in [5, 5.41) is 4.69. The van der Waals surface area contributed by atoms with Gasteiger partial charge in [0.05, 0.1) is 17.5 Å². The quantitative estimate of drug-likeness (QED) is 0.321. The van der Waals surface area contributed by atoms with Crippen molar-refractivity contribution in [3.8, 4) is 0 Å². The van der Waals surface area contributed by atoms with Crippen LogP contribution in [0.1, 0.15) is 68.4 Å². The number of carbonyl (C=O) groups excluding carboxylic acids is 6. The average Bonchev–Trinajstić information content (AvgIpc) is 3.59. The number of imidazole rings is 1. The molecular weight excluding hydrogens is 559 g/mol. The van der Waals surface area contributed by atoms with E-state index in [1.807, 2.05) is 0 Å². The van der Waals surface area contributed by atoms with Gasteiger partial charge in [0.25, 0.3) is 11.8 Å². The number of rotatable bonds is 9. The van der Waals surface area contributed by atoms with Crippen molar-refractivity contribution in [3.05, 3.63) is 88.3 Å². The molecule has 6 amide bonds. The zero-order valence-corrected chi connectivity index (χ0v) is 23.5.